The molecule has 0 atom stereocenters. The van der Waals surface area contributed by atoms with Crippen molar-refractivity contribution in [1.29, 1.82) is 0 Å². The summed E-state index contributed by atoms with van der Waals surface area (Å²) >= 11 is 5.33. The maximum absolute atomic E-state index is 5.30. The molecule has 0 amide bonds. The molecule has 0 aliphatic carbocycles. The van der Waals surface area contributed by atoms with Gasteiger partial charge in [0.15, 0.2) is 0 Å². The van der Waals surface area contributed by atoms with E-state index in [0.717, 1.165) is 16.5 Å². The number of aryl methyl sites for hydroxylation is 1. The van der Waals surface area contributed by atoms with E-state index in [4.69, 9.17) is 4.74 Å². The Hall–Kier alpha value is -1.69. The first-order chi connectivity index (χ1) is 10.7. The van der Waals surface area contributed by atoms with Crippen LogP contribution in [0.4, 0.5) is 0 Å². The lowest BCUT2D eigenvalue weighted by atomic mass is 10.2. The van der Waals surface area contributed by atoms with Gasteiger partial charge >= 0.3 is 0 Å². The number of hydrogen-bond acceptors (Lipinski definition) is 5. The van der Waals surface area contributed by atoms with Gasteiger partial charge in [-0.1, -0.05) is 0 Å². The summed E-state index contributed by atoms with van der Waals surface area (Å²) in [4.78, 5) is 8.40. The van der Waals surface area contributed by atoms with Crippen molar-refractivity contribution < 1.29 is 4.74 Å². The number of hydrogen-bond donors (Lipinski definition) is 0. The second kappa shape index (κ2) is 5.50. The van der Waals surface area contributed by atoms with Crippen LogP contribution >= 0.6 is 34.0 Å². The Labute approximate surface area is 140 Å². The van der Waals surface area contributed by atoms with Crippen molar-refractivity contribution in [3.8, 4) is 25.4 Å². The van der Waals surface area contributed by atoms with Crippen molar-refractivity contribution in [3.05, 3.63) is 47.5 Å². The number of methoxy groups -OCH3 is 1. The standard InChI is InChI=1S/C17H13NOS3/c1-10-9-20-17(18-10)15-6-5-14(22-15)16-8-11-7-12(19-2)3-4-13(11)21-16/h3-9H,1-2H3. The Bertz CT molecular complexity index is 948. The molecule has 2 nitrogen and oxygen atoms in total. The maximum atomic E-state index is 5.30. The summed E-state index contributed by atoms with van der Waals surface area (Å²) in [5.41, 5.74) is 1.09. The van der Waals surface area contributed by atoms with Crippen LogP contribution in [-0.4, -0.2) is 12.1 Å². The van der Waals surface area contributed by atoms with Crippen LogP contribution in [0.3, 0.4) is 0 Å². The van der Waals surface area contributed by atoms with E-state index in [1.165, 1.54) is 24.7 Å². The van der Waals surface area contributed by atoms with E-state index >= 15 is 0 Å². The van der Waals surface area contributed by atoms with Crippen molar-refractivity contribution in [2.45, 2.75) is 6.92 Å². The zero-order valence-electron chi connectivity index (χ0n) is 12.1. The van der Waals surface area contributed by atoms with Gasteiger partial charge in [0, 0.05) is 25.5 Å². The first-order valence-electron chi connectivity index (χ1n) is 6.83. The van der Waals surface area contributed by atoms with E-state index in [0.29, 0.717) is 0 Å². The van der Waals surface area contributed by atoms with Crippen molar-refractivity contribution in [1.82, 2.24) is 4.98 Å². The van der Waals surface area contributed by atoms with Crippen molar-refractivity contribution in [2.75, 3.05) is 7.11 Å². The molecule has 0 saturated carbocycles. The van der Waals surface area contributed by atoms with Crippen LogP contribution in [-0.2, 0) is 0 Å². The van der Waals surface area contributed by atoms with Crippen molar-refractivity contribution in [2.24, 2.45) is 0 Å². The van der Waals surface area contributed by atoms with Crippen LogP contribution in [0.5, 0.6) is 5.75 Å². The molecule has 0 spiro atoms. The molecule has 22 heavy (non-hydrogen) atoms. The minimum atomic E-state index is 0.905. The summed E-state index contributed by atoms with van der Waals surface area (Å²) in [5, 5.41) is 4.44. The largest absolute Gasteiger partial charge is 0.497 e. The second-order valence-corrected chi connectivity index (χ2v) is 8.00. The molecule has 0 bridgehead atoms. The quantitative estimate of drug-likeness (QED) is 0.450. The lowest BCUT2D eigenvalue weighted by molar-refractivity contribution is 0.415. The van der Waals surface area contributed by atoms with Gasteiger partial charge in [0.2, 0.25) is 0 Å². The number of thiazole rings is 1. The molecule has 0 saturated heterocycles. The average Bonchev–Trinajstić information content (AvgIpc) is 3.24. The summed E-state index contributed by atoms with van der Waals surface area (Å²) in [6.45, 7) is 2.04. The van der Waals surface area contributed by atoms with Crippen LogP contribution in [0.15, 0.2) is 41.8 Å². The average molecular weight is 343 g/mol. The molecule has 0 unspecified atom stereocenters. The Morgan fingerprint density at radius 1 is 0.955 bits per heavy atom. The molecule has 0 aliphatic heterocycles. The Morgan fingerprint density at radius 3 is 2.59 bits per heavy atom. The van der Waals surface area contributed by atoms with E-state index in [-0.39, 0.29) is 0 Å². The molecule has 3 heterocycles. The Kier molecular flexibility index (Phi) is 3.48. The highest BCUT2D eigenvalue weighted by Crippen LogP contribution is 2.41. The fourth-order valence-corrected chi connectivity index (χ4v) is 5.32. The molecule has 3 aromatic heterocycles. The van der Waals surface area contributed by atoms with Gasteiger partial charge in [-0.05, 0) is 48.7 Å². The minimum Gasteiger partial charge on any atom is -0.497 e. The fraction of sp³-hybridized carbons (Fsp3) is 0.118. The predicted molar refractivity (Wildman–Crippen MR) is 97.5 cm³/mol. The molecule has 0 N–H and O–H groups in total. The molecule has 110 valence electrons. The molecular weight excluding hydrogens is 330 g/mol. The maximum Gasteiger partial charge on any atom is 0.133 e. The van der Waals surface area contributed by atoms with Gasteiger partial charge in [-0.15, -0.1) is 34.0 Å². The highest BCUT2D eigenvalue weighted by atomic mass is 32.1. The van der Waals surface area contributed by atoms with Gasteiger partial charge in [0.25, 0.3) is 0 Å². The lowest BCUT2D eigenvalue weighted by Crippen LogP contribution is -1.79. The monoisotopic (exact) mass is 343 g/mol. The molecule has 1 aromatic carbocycles. The summed E-state index contributed by atoms with van der Waals surface area (Å²) in [6.07, 6.45) is 0. The van der Waals surface area contributed by atoms with Gasteiger partial charge < -0.3 is 4.74 Å². The highest BCUT2D eigenvalue weighted by molar-refractivity contribution is 7.28. The topological polar surface area (TPSA) is 22.1 Å². The number of ether oxygens (including phenoxy) is 1. The van der Waals surface area contributed by atoms with Crippen LogP contribution in [0.1, 0.15) is 5.69 Å². The smallest absolute Gasteiger partial charge is 0.133 e. The Morgan fingerprint density at radius 2 is 1.82 bits per heavy atom. The molecule has 5 heteroatoms. The number of thiophene rings is 2. The van der Waals surface area contributed by atoms with Gasteiger partial charge in [-0.25, -0.2) is 4.98 Å². The third kappa shape index (κ3) is 2.45. The zero-order valence-corrected chi connectivity index (χ0v) is 14.6. The third-order valence-electron chi connectivity index (χ3n) is 3.40. The molecule has 4 rings (SSSR count). The minimum absolute atomic E-state index is 0.905. The van der Waals surface area contributed by atoms with Gasteiger partial charge in [-0.3, -0.25) is 0 Å². The molecular formula is C17H13NOS3. The van der Waals surface area contributed by atoms with Crippen molar-refractivity contribution >= 4 is 44.1 Å². The van der Waals surface area contributed by atoms with E-state index in [1.54, 1.807) is 29.8 Å². The molecule has 0 fully saturated rings. The molecule has 0 aliphatic rings. The normalized spacial score (nSPS) is 11.2. The summed E-state index contributed by atoms with van der Waals surface area (Å²) in [7, 11) is 1.70. The highest BCUT2D eigenvalue weighted by Gasteiger charge is 2.10. The summed E-state index contributed by atoms with van der Waals surface area (Å²) in [6, 6.07) is 12.8. The van der Waals surface area contributed by atoms with E-state index in [1.807, 2.05) is 24.3 Å². The summed E-state index contributed by atoms with van der Waals surface area (Å²) in [5.74, 6) is 0.905. The third-order valence-corrected chi connectivity index (χ3v) is 6.93. The summed E-state index contributed by atoms with van der Waals surface area (Å²) < 4.78 is 6.59. The number of benzene rings is 1. The van der Waals surface area contributed by atoms with Crippen LogP contribution in [0, 0.1) is 6.92 Å². The van der Waals surface area contributed by atoms with E-state index in [9.17, 15) is 0 Å². The predicted octanol–water partition coefficient (Wildman–Crippen LogP) is 6.07. The van der Waals surface area contributed by atoms with Crippen LogP contribution < -0.4 is 4.74 Å². The van der Waals surface area contributed by atoms with Crippen LogP contribution in [0.2, 0.25) is 0 Å². The Balaban J connectivity index is 1.74. The molecule has 0 radical (unpaired) electrons. The molecule has 4 aromatic rings. The van der Waals surface area contributed by atoms with E-state index in [2.05, 4.69) is 40.7 Å². The van der Waals surface area contributed by atoms with Crippen LogP contribution in [0.25, 0.3) is 29.7 Å². The number of fused-ring (bicyclic) bond motifs is 1. The van der Waals surface area contributed by atoms with Gasteiger partial charge in [0.05, 0.1) is 12.0 Å². The number of rotatable bonds is 3. The van der Waals surface area contributed by atoms with Crippen molar-refractivity contribution in [3.63, 3.8) is 0 Å². The van der Waals surface area contributed by atoms with Gasteiger partial charge in [0.1, 0.15) is 10.8 Å². The first kappa shape index (κ1) is 13.9. The zero-order chi connectivity index (χ0) is 15.1. The fourth-order valence-electron chi connectivity index (χ4n) is 2.32. The first-order valence-corrected chi connectivity index (χ1v) is 9.34. The number of nitrogens with zero attached hydrogens (tertiary/aromatic N) is 1. The lowest BCUT2D eigenvalue weighted by Gasteiger charge is -1.97. The second-order valence-electron chi connectivity index (χ2n) is 4.97. The van der Waals surface area contributed by atoms with E-state index < -0.39 is 0 Å². The SMILES string of the molecule is COc1ccc2sc(-c3ccc(-c4nc(C)cs4)s3)cc2c1. The van der Waals surface area contributed by atoms with Gasteiger partial charge in [-0.2, -0.15) is 0 Å². The number of aromatic nitrogens is 1.